The summed E-state index contributed by atoms with van der Waals surface area (Å²) in [5.41, 5.74) is 0. The zero-order valence-electron chi connectivity index (χ0n) is 11.8. The van der Waals surface area contributed by atoms with E-state index in [9.17, 15) is 0 Å². The number of rotatable bonds is 3. The molecule has 0 atom stereocenters. The molecule has 0 unspecified atom stereocenters. The van der Waals surface area contributed by atoms with Crippen LogP contribution >= 0.6 is 8.92 Å². The van der Waals surface area contributed by atoms with E-state index in [4.69, 9.17) is 8.92 Å². The van der Waals surface area contributed by atoms with Crippen LogP contribution in [0.2, 0.25) is 0 Å². The molecule has 0 saturated heterocycles. The predicted octanol–water partition coefficient (Wildman–Crippen LogP) is 2.77. The van der Waals surface area contributed by atoms with Crippen molar-refractivity contribution >= 4 is 36.9 Å². The van der Waals surface area contributed by atoms with Gasteiger partial charge in [-0.05, 0) is 0 Å². The standard InChI is InChI=1S/3C6H5.ClH.Fe.O.Sn/c3*1-2-4-6-5-3-1;;;;/h3*1-5H;1H;;;/q;;;;+2;-2;+1/p-1. The van der Waals surface area contributed by atoms with Crippen LogP contribution in [-0.2, 0) is 22.5 Å². The summed E-state index contributed by atoms with van der Waals surface area (Å²) in [4.78, 5) is 0. The van der Waals surface area contributed by atoms with Gasteiger partial charge in [-0.15, -0.1) is 0 Å². The average molecular weight is 457 g/mol. The molecule has 4 heteroatoms. The molecule has 3 aromatic carbocycles. The van der Waals surface area contributed by atoms with Crippen molar-refractivity contribution < 1.29 is 22.5 Å². The third-order valence-corrected chi connectivity index (χ3v) is 17.6. The summed E-state index contributed by atoms with van der Waals surface area (Å²) in [6.45, 7) is 0. The fraction of sp³-hybridized carbons (Fsp3) is 0. The van der Waals surface area contributed by atoms with E-state index in [0.29, 0.717) is 0 Å². The minimum atomic E-state index is -3.30. The molecule has 0 aliphatic heterocycles. The van der Waals surface area contributed by atoms with Crippen molar-refractivity contribution in [1.82, 2.24) is 0 Å². The van der Waals surface area contributed by atoms with Gasteiger partial charge < -0.3 is 5.48 Å². The Morgan fingerprint density at radius 2 is 0.727 bits per heavy atom. The third kappa shape index (κ3) is 3.76. The van der Waals surface area contributed by atoms with Gasteiger partial charge >= 0.3 is 145 Å². The molecular weight excluding hydrogens is 442 g/mol. The second-order valence-electron chi connectivity index (χ2n) is 4.76. The minimum Gasteiger partial charge on any atom is -2.00 e. The Morgan fingerprint density at radius 3 is 0.955 bits per heavy atom. The van der Waals surface area contributed by atoms with Crippen LogP contribution < -0.4 is 10.7 Å². The zero-order valence-corrected chi connectivity index (χ0v) is 16.5. The molecule has 0 heterocycles. The Bertz CT molecular complexity index is 581. The molecule has 0 amide bonds. The van der Waals surface area contributed by atoms with Crippen LogP contribution in [0.3, 0.4) is 0 Å². The molecule has 0 fully saturated rings. The Morgan fingerprint density at radius 1 is 0.500 bits per heavy atom. The quantitative estimate of drug-likeness (QED) is 0.542. The van der Waals surface area contributed by atoms with Crippen LogP contribution in [0.15, 0.2) is 91.0 Å². The SMILES string of the molecule is [Cl][Sn]([c]1ccccc1)([c]1ccccc1)[c]1ccccc1.[Fe+2].[O-2]. The number of benzene rings is 3. The minimum absolute atomic E-state index is 0. The van der Waals surface area contributed by atoms with E-state index < -0.39 is 17.3 Å². The van der Waals surface area contributed by atoms with E-state index in [1.54, 1.807) is 0 Å². The smallest absolute Gasteiger partial charge is 2.00 e. The molecule has 112 valence electrons. The van der Waals surface area contributed by atoms with E-state index in [-0.39, 0.29) is 22.5 Å². The van der Waals surface area contributed by atoms with Crippen molar-refractivity contribution in [2.24, 2.45) is 0 Å². The summed E-state index contributed by atoms with van der Waals surface area (Å²) in [5.74, 6) is 0. The second-order valence-corrected chi connectivity index (χ2v) is 17.3. The Labute approximate surface area is 149 Å². The molecular formula is C18H15ClFeOSn. The van der Waals surface area contributed by atoms with Crippen molar-refractivity contribution in [2.75, 3.05) is 0 Å². The first kappa shape index (κ1) is 19.3. The molecule has 0 N–H and O–H groups in total. The Balaban J connectivity index is 0.00000121. The molecule has 0 aliphatic carbocycles. The first-order valence-corrected chi connectivity index (χ1v) is 14.6. The van der Waals surface area contributed by atoms with Gasteiger partial charge in [0, 0.05) is 0 Å². The van der Waals surface area contributed by atoms with Crippen molar-refractivity contribution in [2.45, 2.75) is 0 Å². The summed E-state index contributed by atoms with van der Waals surface area (Å²) in [6.07, 6.45) is 0. The maximum Gasteiger partial charge on any atom is 2.00 e. The number of halogens is 1. The molecule has 3 aromatic rings. The summed E-state index contributed by atoms with van der Waals surface area (Å²) in [7, 11) is 7.33. The Kier molecular flexibility index (Phi) is 7.67. The van der Waals surface area contributed by atoms with E-state index >= 15 is 0 Å². The van der Waals surface area contributed by atoms with Crippen molar-refractivity contribution in [3.05, 3.63) is 91.0 Å². The van der Waals surface area contributed by atoms with Gasteiger partial charge in [0.2, 0.25) is 0 Å². The summed E-state index contributed by atoms with van der Waals surface area (Å²) < 4.78 is 3.88. The van der Waals surface area contributed by atoms with E-state index in [1.807, 2.05) is 18.2 Å². The molecule has 1 nitrogen and oxygen atoms in total. The van der Waals surface area contributed by atoms with Crippen molar-refractivity contribution in [3.63, 3.8) is 0 Å². The Hall–Kier alpha value is -0.772. The summed E-state index contributed by atoms with van der Waals surface area (Å²) >= 11 is -3.30. The summed E-state index contributed by atoms with van der Waals surface area (Å²) in [5, 5.41) is 0. The largest absolute Gasteiger partial charge is 2.00 e. The molecule has 22 heavy (non-hydrogen) atoms. The van der Waals surface area contributed by atoms with Gasteiger partial charge in [0.1, 0.15) is 0 Å². The van der Waals surface area contributed by atoms with Crippen molar-refractivity contribution in [1.29, 1.82) is 0 Å². The van der Waals surface area contributed by atoms with E-state index in [1.165, 1.54) is 10.7 Å². The van der Waals surface area contributed by atoms with Crippen molar-refractivity contribution in [3.8, 4) is 0 Å². The van der Waals surface area contributed by atoms with E-state index in [0.717, 1.165) is 0 Å². The molecule has 0 aromatic heterocycles. The summed E-state index contributed by atoms with van der Waals surface area (Å²) in [6, 6.07) is 31.6. The topological polar surface area (TPSA) is 28.5 Å². The molecule has 0 radical (unpaired) electrons. The van der Waals surface area contributed by atoms with Gasteiger partial charge in [-0.25, -0.2) is 0 Å². The second kappa shape index (κ2) is 8.75. The zero-order chi connectivity index (χ0) is 13.8. The maximum absolute atomic E-state index is 7.33. The first-order chi connectivity index (χ1) is 9.82. The van der Waals surface area contributed by atoms with Crippen LogP contribution in [0, 0.1) is 0 Å². The van der Waals surface area contributed by atoms with Crippen LogP contribution in [0.4, 0.5) is 0 Å². The van der Waals surface area contributed by atoms with Gasteiger partial charge in [0.15, 0.2) is 0 Å². The molecule has 0 bridgehead atoms. The number of hydrogen-bond donors (Lipinski definition) is 0. The maximum atomic E-state index is 7.33. The fourth-order valence-corrected chi connectivity index (χ4v) is 13.5. The molecule has 3 rings (SSSR count). The van der Waals surface area contributed by atoms with Crippen LogP contribution in [0.5, 0.6) is 0 Å². The average Bonchev–Trinajstić information content (AvgIpc) is 2.56. The van der Waals surface area contributed by atoms with Crippen LogP contribution in [-0.4, -0.2) is 17.3 Å². The molecule has 0 spiro atoms. The van der Waals surface area contributed by atoms with Crippen LogP contribution in [0.25, 0.3) is 0 Å². The third-order valence-electron chi connectivity index (χ3n) is 3.51. The predicted molar refractivity (Wildman–Crippen MR) is 90.5 cm³/mol. The monoisotopic (exact) mass is 458 g/mol. The van der Waals surface area contributed by atoms with Crippen LogP contribution in [0.1, 0.15) is 0 Å². The first-order valence-electron chi connectivity index (χ1n) is 6.67. The van der Waals surface area contributed by atoms with Gasteiger partial charge in [-0.2, -0.15) is 0 Å². The fourth-order valence-electron chi connectivity index (χ4n) is 2.50. The molecule has 0 saturated carbocycles. The van der Waals surface area contributed by atoms with Gasteiger partial charge in [0.25, 0.3) is 0 Å². The normalized spacial score (nSPS) is 10.2. The van der Waals surface area contributed by atoms with E-state index in [2.05, 4.69) is 72.8 Å². The van der Waals surface area contributed by atoms with Gasteiger partial charge in [-0.1, -0.05) is 0 Å². The van der Waals surface area contributed by atoms with Gasteiger partial charge in [-0.3, -0.25) is 0 Å². The van der Waals surface area contributed by atoms with Gasteiger partial charge in [0.05, 0.1) is 0 Å². The molecule has 0 aliphatic rings. The number of hydrogen-bond acceptors (Lipinski definition) is 0.